The van der Waals surface area contributed by atoms with E-state index in [9.17, 15) is 18.0 Å². The molecule has 3 rings (SSSR count). The molecule has 0 spiro atoms. The predicted octanol–water partition coefficient (Wildman–Crippen LogP) is 2.79. The lowest BCUT2D eigenvalue weighted by Crippen LogP contribution is -2.37. The zero-order valence-corrected chi connectivity index (χ0v) is 18.1. The first-order valence-electron chi connectivity index (χ1n) is 9.72. The summed E-state index contributed by atoms with van der Waals surface area (Å²) in [6.45, 7) is 5.43. The molecule has 2 heterocycles. The van der Waals surface area contributed by atoms with E-state index in [1.165, 1.54) is 18.5 Å². The molecule has 0 radical (unpaired) electrons. The number of aliphatic carboxylic acids is 1. The van der Waals surface area contributed by atoms with Crippen LogP contribution in [0, 0.1) is 18.8 Å². The molecule has 1 aromatic heterocycles. The van der Waals surface area contributed by atoms with Crippen molar-refractivity contribution in [3.63, 3.8) is 0 Å². The molecule has 30 heavy (non-hydrogen) atoms. The number of carboxylic acid groups (broad SMARTS) is 1. The highest BCUT2D eigenvalue weighted by molar-refractivity contribution is 7.09. The smallest absolute Gasteiger partial charge is 0.475 e. The van der Waals surface area contributed by atoms with Gasteiger partial charge in [-0.2, -0.15) is 13.2 Å². The van der Waals surface area contributed by atoms with Gasteiger partial charge >= 0.3 is 12.1 Å². The molecule has 1 aromatic rings. The first kappa shape index (κ1) is 24.5. The van der Waals surface area contributed by atoms with Crippen LogP contribution in [0.5, 0.6) is 0 Å². The van der Waals surface area contributed by atoms with Crippen LogP contribution in [0.15, 0.2) is 5.38 Å². The number of thiazole rings is 1. The third-order valence-corrected chi connectivity index (χ3v) is 6.15. The quantitative estimate of drug-likeness (QED) is 0.741. The number of halogens is 3. The van der Waals surface area contributed by atoms with Crippen LogP contribution in [0.3, 0.4) is 0 Å². The number of carbonyl (C=O) groups excluding carboxylic acids is 1. The van der Waals surface area contributed by atoms with Crippen LogP contribution in [0.2, 0.25) is 0 Å². The minimum atomic E-state index is -5.08. The van der Waals surface area contributed by atoms with Crippen molar-refractivity contribution in [3.05, 3.63) is 16.1 Å². The monoisotopic (exact) mass is 451 g/mol. The molecule has 1 saturated heterocycles. The van der Waals surface area contributed by atoms with Crippen molar-refractivity contribution < 1.29 is 32.6 Å². The molecule has 0 bridgehead atoms. The second-order valence-corrected chi connectivity index (χ2v) is 8.91. The lowest BCUT2D eigenvalue weighted by atomic mass is 9.79. The molecule has 1 N–H and O–H groups in total. The van der Waals surface area contributed by atoms with Gasteiger partial charge in [0.1, 0.15) is 6.61 Å². The maximum Gasteiger partial charge on any atom is 0.490 e. The van der Waals surface area contributed by atoms with Crippen molar-refractivity contribution >= 4 is 23.2 Å². The van der Waals surface area contributed by atoms with E-state index in [0.29, 0.717) is 11.8 Å². The Balaban J connectivity index is 0.000000396. The van der Waals surface area contributed by atoms with Crippen molar-refractivity contribution in [2.24, 2.45) is 11.8 Å². The number of hydrogen-bond donors (Lipinski definition) is 1. The number of carbonyl (C=O) groups is 2. The predicted molar refractivity (Wildman–Crippen MR) is 105 cm³/mol. The summed E-state index contributed by atoms with van der Waals surface area (Å²) in [4.78, 5) is 29.4. The van der Waals surface area contributed by atoms with Crippen LogP contribution in [0.25, 0.3) is 0 Å². The summed E-state index contributed by atoms with van der Waals surface area (Å²) in [5.74, 6) is -1.42. The van der Waals surface area contributed by atoms with Crippen LogP contribution < -0.4 is 0 Å². The number of hydrogen-bond acceptors (Lipinski definition) is 6. The number of amides is 1. The molecule has 170 valence electrons. The largest absolute Gasteiger partial charge is 0.490 e. The fourth-order valence-corrected chi connectivity index (χ4v) is 4.47. The van der Waals surface area contributed by atoms with Crippen molar-refractivity contribution in [2.75, 3.05) is 33.8 Å². The minimum absolute atomic E-state index is 0.0555. The van der Waals surface area contributed by atoms with E-state index >= 15 is 0 Å². The summed E-state index contributed by atoms with van der Waals surface area (Å²) in [5.41, 5.74) is 1.19. The van der Waals surface area contributed by atoms with E-state index in [1.54, 1.807) is 30.3 Å². The van der Waals surface area contributed by atoms with Gasteiger partial charge in [-0.05, 0) is 25.7 Å². The number of likely N-dealkylation sites (tertiary alicyclic amines) is 1. The molecule has 1 aliphatic heterocycles. The Bertz CT molecular complexity index is 726. The van der Waals surface area contributed by atoms with Gasteiger partial charge in [0.15, 0.2) is 0 Å². The Morgan fingerprint density at radius 2 is 2.00 bits per heavy atom. The number of alkyl halides is 3. The molecule has 2 fully saturated rings. The van der Waals surface area contributed by atoms with Gasteiger partial charge < -0.3 is 14.7 Å². The van der Waals surface area contributed by atoms with Crippen molar-refractivity contribution in [3.8, 4) is 0 Å². The first-order chi connectivity index (χ1) is 14.0. The Morgan fingerprint density at radius 3 is 2.53 bits per heavy atom. The van der Waals surface area contributed by atoms with E-state index in [0.717, 1.165) is 31.1 Å². The van der Waals surface area contributed by atoms with Crippen LogP contribution in [0.1, 0.15) is 30.0 Å². The van der Waals surface area contributed by atoms with Gasteiger partial charge in [0.2, 0.25) is 5.91 Å². The zero-order chi connectivity index (χ0) is 22.5. The third-order valence-electron chi connectivity index (χ3n) is 5.32. The molecule has 11 heteroatoms. The molecule has 3 atom stereocenters. The van der Waals surface area contributed by atoms with Crippen LogP contribution in [-0.4, -0.2) is 77.8 Å². The normalized spacial score (nSPS) is 24.0. The van der Waals surface area contributed by atoms with Crippen LogP contribution in [0.4, 0.5) is 13.2 Å². The summed E-state index contributed by atoms with van der Waals surface area (Å²) in [7, 11) is 3.56. The van der Waals surface area contributed by atoms with Crippen LogP contribution in [-0.2, 0) is 20.9 Å². The standard InChI is InChI=1S/C17H27N3O2S.C2HF3O2/c1-12-18-14(11-23-12)8-20-7-13-5-4-6-16(15(13)9-20)22-10-17(21)19(2)3;3-2(4,5)1(6)7/h11,13,15-16H,4-10H2,1-3H3;(H,6,7)/t13-,15+,16+;/m0./s1. The first-order valence-corrected chi connectivity index (χ1v) is 10.6. The number of aryl methyl sites for hydroxylation is 1. The Morgan fingerprint density at radius 1 is 1.33 bits per heavy atom. The van der Waals surface area contributed by atoms with Gasteiger partial charge in [-0.1, -0.05) is 6.42 Å². The second kappa shape index (κ2) is 10.5. The number of fused-ring (bicyclic) bond motifs is 1. The van der Waals surface area contributed by atoms with E-state index in [2.05, 4.69) is 22.2 Å². The van der Waals surface area contributed by atoms with E-state index in [4.69, 9.17) is 14.6 Å². The molecule has 0 aromatic carbocycles. The van der Waals surface area contributed by atoms with Gasteiger partial charge in [0.05, 0.1) is 16.8 Å². The summed E-state index contributed by atoms with van der Waals surface area (Å²) in [5, 5.41) is 10.4. The van der Waals surface area contributed by atoms with Crippen molar-refractivity contribution in [2.45, 2.75) is 45.0 Å². The zero-order valence-electron chi connectivity index (χ0n) is 17.3. The number of carboxylic acids is 1. The van der Waals surface area contributed by atoms with Gasteiger partial charge in [0.25, 0.3) is 0 Å². The van der Waals surface area contributed by atoms with E-state index < -0.39 is 12.1 Å². The molecule has 7 nitrogen and oxygen atoms in total. The molecule has 1 saturated carbocycles. The topological polar surface area (TPSA) is 83.0 Å². The van der Waals surface area contributed by atoms with Gasteiger partial charge in [-0.15, -0.1) is 11.3 Å². The molecule has 1 aliphatic carbocycles. The summed E-state index contributed by atoms with van der Waals surface area (Å²) >= 11 is 1.72. The van der Waals surface area contributed by atoms with Gasteiger partial charge in [-0.3, -0.25) is 9.69 Å². The highest BCUT2D eigenvalue weighted by atomic mass is 32.1. The number of nitrogens with zero attached hydrogens (tertiary/aromatic N) is 3. The molecule has 0 unspecified atom stereocenters. The van der Waals surface area contributed by atoms with Gasteiger partial charge in [0, 0.05) is 45.0 Å². The SMILES string of the molecule is Cc1nc(CN2C[C@@H]3CCC[C@@H](OCC(=O)N(C)C)[C@@H]3C2)cs1.O=C(O)C(F)(F)F. The average molecular weight is 452 g/mol. The summed E-state index contributed by atoms with van der Waals surface area (Å²) < 4.78 is 37.7. The summed E-state index contributed by atoms with van der Waals surface area (Å²) in [6.07, 6.45) is -1.25. The van der Waals surface area contributed by atoms with Crippen molar-refractivity contribution in [1.29, 1.82) is 0 Å². The highest BCUT2D eigenvalue weighted by Gasteiger charge is 2.41. The number of ether oxygens (including phenoxy) is 1. The summed E-state index contributed by atoms with van der Waals surface area (Å²) in [6, 6.07) is 0. The Kier molecular flexibility index (Phi) is 8.62. The molecule has 2 aliphatic rings. The lowest BCUT2D eigenvalue weighted by Gasteiger charge is -2.33. The van der Waals surface area contributed by atoms with E-state index in [-0.39, 0.29) is 18.6 Å². The van der Waals surface area contributed by atoms with E-state index in [1.807, 2.05) is 0 Å². The number of likely N-dealkylation sites (N-methyl/N-ethyl adjacent to an activating group) is 1. The number of aromatic nitrogens is 1. The Hall–Kier alpha value is -1.72. The fourth-order valence-electron chi connectivity index (χ4n) is 3.86. The maximum absolute atomic E-state index is 11.8. The fraction of sp³-hybridized carbons (Fsp3) is 0.737. The average Bonchev–Trinajstić information content (AvgIpc) is 3.25. The Labute approximate surface area is 177 Å². The second-order valence-electron chi connectivity index (χ2n) is 7.85. The minimum Gasteiger partial charge on any atom is -0.475 e. The molecule has 1 amide bonds. The number of rotatable bonds is 5. The molecular weight excluding hydrogens is 423 g/mol. The maximum atomic E-state index is 11.8. The lowest BCUT2D eigenvalue weighted by molar-refractivity contribution is -0.192. The molecular formula is C19H28F3N3O4S. The third kappa shape index (κ3) is 7.21. The van der Waals surface area contributed by atoms with Crippen molar-refractivity contribution in [1.82, 2.24) is 14.8 Å². The van der Waals surface area contributed by atoms with Crippen LogP contribution >= 0.6 is 11.3 Å². The van der Waals surface area contributed by atoms with Gasteiger partial charge in [-0.25, -0.2) is 9.78 Å². The highest BCUT2D eigenvalue weighted by Crippen LogP contribution is 2.38.